The van der Waals surface area contributed by atoms with Crippen molar-refractivity contribution in [3.05, 3.63) is 78.0 Å². The molecular formula is C29H31N3O2. The second kappa shape index (κ2) is 7.86. The molecule has 1 heterocycles. The van der Waals surface area contributed by atoms with Crippen molar-refractivity contribution in [3.63, 3.8) is 0 Å². The van der Waals surface area contributed by atoms with Crippen LogP contribution in [0.5, 0.6) is 0 Å². The highest BCUT2D eigenvalue weighted by molar-refractivity contribution is 5.94. The Balaban J connectivity index is 1.19. The molecule has 5 heteroatoms. The quantitative estimate of drug-likeness (QED) is 0.468. The monoisotopic (exact) mass is 453 g/mol. The first-order valence-corrected chi connectivity index (χ1v) is 12.3. The van der Waals surface area contributed by atoms with Crippen LogP contribution in [-0.2, 0) is 5.41 Å². The summed E-state index contributed by atoms with van der Waals surface area (Å²) in [6.07, 6.45) is 8.78. The average molecular weight is 454 g/mol. The third-order valence-electron chi connectivity index (χ3n) is 8.75. The molecule has 4 aliphatic carbocycles. The molecule has 2 atom stereocenters. The van der Waals surface area contributed by atoms with Gasteiger partial charge in [0.2, 0.25) is 0 Å². The Hall–Kier alpha value is -3.34. The van der Waals surface area contributed by atoms with Gasteiger partial charge in [-0.2, -0.15) is 0 Å². The van der Waals surface area contributed by atoms with Crippen molar-refractivity contribution in [1.82, 2.24) is 4.98 Å². The van der Waals surface area contributed by atoms with E-state index in [-0.39, 0.29) is 5.56 Å². The Morgan fingerprint density at radius 2 is 1.41 bits per heavy atom. The minimum atomic E-state index is -0.979. The average Bonchev–Trinajstić information content (AvgIpc) is 3.29. The number of carboxylic acids is 1. The van der Waals surface area contributed by atoms with Crippen LogP contribution in [0.3, 0.4) is 0 Å². The topological polar surface area (TPSA) is 56.7 Å². The predicted octanol–water partition coefficient (Wildman–Crippen LogP) is 6.39. The zero-order valence-corrected chi connectivity index (χ0v) is 19.8. The highest BCUT2D eigenvalue weighted by atomic mass is 16.4. The van der Waals surface area contributed by atoms with E-state index < -0.39 is 5.97 Å². The third-order valence-corrected chi connectivity index (χ3v) is 8.75. The number of hydrogen-bond acceptors (Lipinski definition) is 4. The van der Waals surface area contributed by atoms with Gasteiger partial charge in [0.1, 0.15) is 11.4 Å². The van der Waals surface area contributed by atoms with Crippen LogP contribution in [0.4, 0.5) is 22.9 Å². The van der Waals surface area contributed by atoms with Crippen molar-refractivity contribution in [2.45, 2.75) is 37.5 Å². The standard InChI is InChI=1S/C29H31N3O2/c1-31(23-7-5-22(6-8-23)29-16-19-14-20(17-29)21(15-19)18-29)24-9-11-25(12-10-24)32(2)27-26(28(33)34)4-3-13-30-27/h3-13,19-21H,14-18H2,1-2H3,(H,33,34). The van der Waals surface area contributed by atoms with Crippen molar-refractivity contribution in [3.8, 4) is 0 Å². The number of benzene rings is 2. The molecule has 174 valence electrons. The largest absolute Gasteiger partial charge is 0.478 e. The minimum absolute atomic E-state index is 0.189. The lowest BCUT2D eigenvalue weighted by Gasteiger charge is -2.39. The molecule has 0 saturated heterocycles. The summed E-state index contributed by atoms with van der Waals surface area (Å²) < 4.78 is 0. The molecule has 0 aliphatic heterocycles. The molecule has 1 N–H and O–H groups in total. The van der Waals surface area contributed by atoms with E-state index in [0.29, 0.717) is 11.2 Å². The molecule has 1 aromatic heterocycles. The van der Waals surface area contributed by atoms with Gasteiger partial charge in [0.05, 0.1) is 0 Å². The first kappa shape index (κ1) is 21.2. The fourth-order valence-corrected chi connectivity index (χ4v) is 7.20. The number of anilines is 4. The SMILES string of the molecule is CN(c1ccc(N(C)c2ncccc2C(=O)O)cc1)c1ccc(C23CC4CC(C2)C(C4)C3)cc1. The van der Waals surface area contributed by atoms with Gasteiger partial charge >= 0.3 is 5.97 Å². The number of rotatable bonds is 6. The number of aromatic nitrogens is 1. The maximum atomic E-state index is 11.6. The van der Waals surface area contributed by atoms with Gasteiger partial charge in [-0.05, 0) is 109 Å². The molecule has 0 spiro atoms. The lowest BCUT2D eigenvalue weighted by molar-refractivity contribution is 0.0697. The highest BCUT2D eigenvalue weighted by Gasteiger charge is 2.56. The maximum Gasteiger partial charge on any atom is 0.339 e. The summed E-state index contributed by atoms with van der Waals surface area (Å²) in [5.74, 6) is 2.38. The lowest BCUT2D eigenvalue weighted by Crippen LogP contribution is -2.31. The number of aromatic carboxylic acids is 1. The third kappa shape index (κ3) is 3.37. The van der Waals surface area contributed by atoms with Gasteiger partial charge in [-0.1, -0.05) is 12.1 Å². The summed E-state index contributed by atoms with van der Waals surface area (Å²) >= 11 is 0. The smallest absolute Gasteiger partial charge is 0.339 e. The normalized spacial score (nSPS) is 26.6. The van der Waals surface area contributed by atoms with Crippen LogP contribution in [0, 0.1) is 17.8 Å². The van der Waals surface area contributed by atoms with Crippen LogP contribution in [0.1, 0.15) is 48.0 Å². The number of carbonyl (C=O) groups is 1. The molecule has 3 aromatic rings. The Labute approximate surface area is 201 Å². The van der Waals surface area contributed by atoms with Gasteiger partial charge in [0.15, 0.2) is 0 Å². The van der Waals surface area contributed by atoms with Crippen LogP contribution >= 0.6 is 0 Å². The van der Waals surface area contributed by atoms with E-state index in [1.54, 1.807) is 23.9 Å². The van der Waals surface area contributed by atoms with E-state index in [1.807, 2.05) is 24.1 Å². The van der Waals surface area contributed by atoms with E-state index in [4.69, 9.17) is 0 Å². The Morgan fingerprint density at radius 1 is 0.853 bits per heavy atom. The number of pyridine rings is 1. The number of hydrogen-bond donors (Lipinski definition) is 1. The van der Waals surface area contributed by atoms with Crippen LogP contribution in [0.2, 0.25) is 0 Å². The second-order valence-electron chi connectivity index (χ2n) is 10.6. The van der Waals surface area contributed by atoms with E-state index in [0.717, 1.165) is 29.1 Å². The van der Waals surface area contributed by atoms with E-state index in [1.165, 1.54) is 37.8 Å². The molecule has 2 unspecified atom stereocenters. The van der Waals surface area contributed by atoms with E-state index >= 15 is 0 Å². The van der Waals surface area contributed by atoms with Gasteiger partial charge in [0.25, 0.3) is 0 Å². The summed E-state index contributed by atoms with van der Waals surface area (Å²) in [6, 6.07) is 20.6. The Bertz CT molecular complexity index is 1200. The van der Waals surface area contributed by atoms with Gasteiger partial charge < -0.3 is 14.9 Å². The molecule has 4 aliphatic rings. The van der Waals surface area contributed by atoms with Crippen LogP contribution < -0.4 is 9.80 Å². The van der Waals surface area contributed by atoms with Gasteiger partial charge in [-0.3, -0.25) is 0 Å². The van der Waals surface area contributed by atoms with Crippen LogP contribution in [0.25, 0.3) is 0 Å². The lowest BCUT2D eigenvalue weighted by atomic mass is 9.66. The molecule has 0 radical (unpaired) electrons. The second-order valence-corrected chi connectivity index (χ2v) is 10.6. The molecule has 7 rings (SSSR count). The van der Waals surface area contributed by atoms with Gasteiger partial charge in [-0.25, -0.2) is 9.78 Å². The Morgan fingerprint density at radius 3 is 1.97 bits per heavy atom. The van der Waals surface area contributed by atoms with Crippen molar-refractivity contribution in [2.75, 3.05) is 23.9 Å². The zero-order valence-electron chi connectivity index (χ0n) is 19.8. The summed E-state index contributed by atoms with van der Waals surface area (Å²) in [5.41, 5.74) is 5.33. The van der Waals surface area contributed by atoms with Gasteiger partial charge in [0, 0.05) is 37.4 Å². The summed E-state index contributed by atoms with van der Waals surface area (Å²) in [6.45, 7) is 0. The molecule has 5 nitrogen and oxygen atoms in total. The molecule has 4 saturated carbocycles. The van der Waals surface area contributed by atoms with Crippen molar-refractivity contribution < 1.29 is 9.90 Å². The molecule has 4 bridgehead atoms. The van der Waals surface area contributed by atoms with Crippen molar-refractivity contribution in [2.24, 2.45) is 17.8 Å². The molecular weight excluding hydrogens is 422 g/mol. The first-order valence-electron chi connectivity index (χ1n) is 12.3. The van der Waals surface area contributed by atoms with Crippen LogP contribution in [0.15, 0.2) is 66.9 Å². The summed E-state index contributed by atoms with van der Waals surface area (Å²) in [5, 5.41) is 9.48. The van der Waals surface area contributed by atoms with Gasteiger partial charge in [-0.15, -0.1) is 0 Å². The van der Waals surface area contributed by atoms with E-state index in [9.17, 15) is 9.90 Å². The zero-order chi connectivity index (χ0) is 23.4. The maximum absolute atomic E-state index is 11.6. The summed E-state index contributed by atoms with van der Waals surface area (Å²) in [4.78, 5) is 19.9. The van der Waals surface area contributed by atoms with Crippen molar-refractivity contribution >= 4 is 28.8 Å². The number of nitrogens with zero attached hydrogens (tertiary/aromatic N) is 3. The molecule has 2 aromatic carbocycles. The molecule has 4 fully saturated rings. The minimum Gasteiger partial charge on any atom is -0.478 e. The fraction of sp³-hybridized carbons (Fsp3) is 0.379. The fourth-order valence-electron chi connectivity index (χ4n) is 7.20. The molecule has 34 heavy (non-hydrogen) atoms. The summed E-state index contributed by atoms with van der Waals surface area (Å²) in [7, 11) is 3.93. The van der Waals surface area contributed by atoms with E-state index in [2.05, 4.69) is 53.3 Å². The predicted molar refractivity (Wildman–Crippen MR) is 135 cm³/mol. The highest BCUT2D eigenvalue weighted by Crippen LogP contribution is 2.64. The Kier molecular flexibility index (Phi) is 4.91. The van der Waals surface area contributed by atoms with Crippen molar-refractivity contribution in [1.29, 1.82) is 0 Å². The van der Waals surface area contributed by atoms with Crippen LogP contribution in [-0.4, -0.2) is 30.2 Å². The number of carboxylic acid groups (broad SMARTS) is 1. The first-order chi connectivity index (χ1) is 16.4. The molecule has 0 amide bonds.